The fraction of sp³-hybridized carbons (Fsp3) is 0.500. The van der Waals surface area contributed by atoms with Crippen LogP contribution in [0.5, 0.6) is 0 Å². The second-order valence-electron chi connectivity index (χ2n) is 5.36. The standard InChI is InChI=1S/C14H19N3O2S/c1-11-9-17(10-14(11)16)5-6-20(18,19)13-4-2-3-12(7-13)8-15/h2-4,7,11,14H,5-6,9-10,16H2,1H3. The summed E-state index contributed by atoms with van der Waals surface area (Å²) in [6.45, 7) is 4.15. The zero-order valence-corrected chi connectivity index (χ0v) is 12.3. The molecule has 2 unspecified atom stereocenters. The van der Waals surface area contributed by atoms with E-state index in [0.717, 1.165) is 13.1 Å². The summed E-state index contributed by atoms with van der Waals surface area (Å²) in [5.41, 5.74) is 6.29. The van der Waals surface area contributed by atoms with Crippen LogP contribution in [0.25, 0.3) is 0 Å². The maximum atomic E-state index is 12.3. The third kappa shape index (κ3) is 3.37. The number of sulfone groups is 1. The fourth-order valence-corrected chi connectivity index (χ4v) is 3.73. The summed E-state index contributed by atoms with van der Waals surface area (Å²) in [7, 11) is -3.35. The van der Waals surface area contributed by atoms with Crippen LogP contribution in [0.1, 0.15) is 12.5 Å². The van der Waals surface area contributed by atoms with Crippen LogP contribution in [0.3, 0.4) is 0 Å². The Kier molecular flexibility index (Phi) is 4.43. The van der Waals surface area contributed by atoms with Gasteiger partial charge in [0.2, 0.25) is 0 Å². The van der Waals surface area contributed by atoms with Crippen molar-refractivity contribution in [2.75, 3.05) is 25.4 Å². The molecular weight excluding hydrogens is 274 g/mol. The highest BCUT2D eigenvalue weighted by atomic mass is 32.2. The predicted octanol–water partition coefficient (Wildman–Crippen LogP) is 0.611. The van der Waals surface area contributed by atoms with E-state index >= 15 is 0 Å². The summed E-state index contributed by atoms with van der Waals surface area (Å²) in [6, 6.07) is 8.24. The molecule has 0 saturated carbocycles. The predicted molar refractivity (Wildman–Crippen MR) is 76.8 cm³/mol. The van der Waals surface area contributed by atoms with E-state index in [0.29, 0.717) is 18.0 Å². The molecule has 0 aromatic heterocycles. The molecule has 1 aliphatic heterocycles. The van der Waals surface area contributed by atoms with Gasteiger partial charge in [-0.15, -0.1) is 0 Å². The number of benzene rings is 1. The SMILES string of the molecule is CC1CN(CCS(=O)(=O)c2cccc(C#N)c2)CC1N. The van der Waals surface area contributed by atoms with Crippen molar-refractivity contribution in [2.24, 2.45) is 11.7 Å². The highest BCUT2D eigenvalue weighted by Gasteiger charge is 2.27. The Morgan fingerprint density at radius 3 is 2.80 bits per heavy atom. The summed E-state index contributed by atoms with van der Waals surface area (Å²) >= 11 is 0. The molecule has 2 atom stereocenters. The maximum absolute atomic E-state index is 12.3. The van der Waals surface area contributed by atoms with Crippen LogP contribution in [0, 0.1) is 17.2 Å². The highest BCUT2D eigenvalue weighted by molar-refractivity contribution is 7.91. The third-order valence-corrected chi connectivity index (χ3v) is 5.44. The van der Waals surface area contributed by atoms with Crippen LogP contribution >= 0.6 is 0 Å². The topological polar surface area (TPSA) is 87.2 Å². The van der Waals surface area contributed by atoms with Gasteiger partial charge in [-0.05, 0) is 24.1 Å². The molecular formula is C14H19N3O2S. The molecule has 1 aromatic rings. The lowest BCUT2D eigenvalue weighted by atomic mass is 10.1. The number of nitrogens with two attached hydrogens (primary N) is 1. The van der Waals surface area contributed by atoms with Gasteiger partial charge < -0.3 is 10.6 Å². The van der Waals surface area contributed by atoms with E-state index in [1.54, 1.807) is 12.1 Å². The molecule has 0 bridgehead atoms. The quantitative estimate of drug-likeness (QED) is 0.879. The van der Waals surface area contributed by atoms with Gasteiger partial charge in [0, 0.05) is 25.7 Å². The van der Waals surface area contributed by atoms with Gasteiger partial charge in [-0.2, -0.15) is 5.26 Å². The molecule has 20 heavy (non-hydrogen) atoms. The Hall–Kier alpha value is -1.42. The average Bonchev–Trinajstić information content (AvgIpc) is 2.76. The van der Waals surface area contributed by atoms with Crippen LogP contribution in [0.2, 0.25) is 0 Å². The van der Waals surface area contributed by atoms with E-state index in [1.165, 1.54) is 12.1 Å². The molecule has 5 nitrogen and oxygen atoms in total. The summed E-state index contributed by atoms with van der Waals surface area (Å²) in [5, 5.41) is 8.82. The Morgan fingerprint density at radius 1 is 1.45 bits per heavy atom. The van der Waals surface area contributed by atoms with Crippen molar-refractivity contribution < 1.29 is 8.42 Å². The molecule has 2 rings (SSSR count). The largest absolute Gasteiger partial charge is 0.326 e. The Morgan fingerprint density at radius 2 is 2.20 bits per heavy atom. The molecule has 1 aliphatic rings. The van der Waals surface area contributed by atoms with Crippen molar-refractivity contribution in [1.82, 2.24) is 4.90 Å². The molecule has 0 spiro atoms. The number of hydrogen-bond donors (Lipinski definition) is 1. The van der Waals surface area contributed by atoms with Gasteiger partial charge in [-0.25, -0.2) is 8.42 Å². The highest BCUT2D eigenvalue weighted by Crippen LogP contribution is 2.17. The van der Waals surface area contributed by atoms with E-state index in [-0.39, 0.29) is 16.7 Å². The Balaban J connectivity index is 2.03. The minimum atomic E-state index is -3.35. The van der Waals surface area contributed by atoms with Gasteiger partial charge in [-0.1, -0.05) is 13.0 Å². The number of likely N-dealkylation sites (tertiary alicyclic amines) is 1. The van der Waals surface area contributed by atoms with Crippen molar-refractivity contribution >= 4 is 9.84 Å². The number of nitrogens with zero attached hydrogens (tertiary/aromatic N) is 2. The van der Waals surface area contributed by atoms with Crippen molar-refractivity contribution in [2.45, 2.75) is 17.9 Å². The van der Waals surface area contributed by atoms with Gasteiger partial charge in [0.25, 0.3) is 0 Å². The lowest BCUT2D eigenvalue weighted by molar-refractivity contribution is 0.345. The first-order chi connectivity index (χ1) is 9.42. The fourth-order valence-electron chi connectivity index (χ4n) is 2.40. The molecule has 1 aromatic carbocycles. The first-order valence-electron chi connectivity index (χ1n) is 6.63. The molecule has 0 aliphatic carbocycles. The first kappa shape index (κ1) is 15.0. The minimum Gasteiger partial charge on any atom is -0.326 e. The molecule has 0 radical (unpaired) electrons. The molecule has 2 N–H and O–H groups in total. The van der Waals surface area contributed by atoms with E-state index in [9.17, 15) is 8.42 Å². The average molecular weight is 293 g/mol. The van der Waals surface area contributed by atoms with Gasteiger partial charge in [0.15, 0.2) is 9.84 Å². The minimum absolute atomic E-state index is 0.0569. The molecule has 0 amide bonds. The number of rotatable bonds is 4. The lowest BCUT2D eigenvalue weighted by Gasteiger charge is -2.15. The van der Waals surface area contributed by atoms with Gasteiger partial charge in [-0.3, -0.25) is 0 Å². The maximum Gasteiger partial charge on any atom is 0.179 e. The first-order valence-corrected chi connectivity index (χ1v) is 8.28. The van der Waals surface area contributed by atoms with E-state index in [2.05, 4.69) is 11.8 Å². The molecule has 108 valence electrons. The monoisotopic (exact) mass is 293 g/mol. The van der Waals surface area contributed by atoms with Crippen molar-refractivity contribution in [3.63, 3.8) is 0 Å². The Bertz CT molecular complexity index is 612. The molecule has 1 fully saturated rings. The van der Waals surface area contributed by atoms with Gasteiger partial charge in [0.1, 0.15) is 0 Å². The number of hydrogen-bond acceptors (Lipinski definition) is 5. The van der Waals surface area contributed by atoms with Crippen LogP contribution in [-0.4, -0.2) is 44.7 Å². The number of nitriles is 1. The van der Waals surface area contributed by atoms with E-state index < -0.39 is 9.84 Å². The molecule has 6 heteroatoms. The summed E-state index contributed by atoms with van der Waals surface area (Å²) < 4.78 is 24.5. The van der Waals surface area contributed by atoms with Crippen molar-refractivity contribution in [3.8, 4) is 6.07 Å². The second-order valence-corrected chi connectivity index (χ2v) is 7.47. The Labute approximate surface area is 119 Å². The van der Waals surface area contributed by atoms with E-state index in [1.807, 2.05) is 6.07 Å². The zero-order chi connectivity index (χ0) is 14.8. The summed E-state index contributed by atoms with van der Waals surface area (Å²) in [4.78, 5) is 2.30. The van der Waals surface area contributed by atoms with Crippen LogP contribution in [0.15, 0.2) is 29.2 Å². The smallest absolute Gasteiger partial charge is 0.179 e. The van der Waals surface area contributed by atoms with Crippen LogP contribution < -0.4 is 5.73 Å². The van der Waals surface area contributed by atoms with Crippen LogP contribution in [-0.2, 0) is 9.84 Å². The van der Waals surface area contributed by atoms with Crippen LogP contribution in [0.4, 0.5) is 0 Å². The normalized spacial score (nSPS) is 23.6. The van der Waals surface area contributed by atoms with Gasteiger partial charge >= 0.3 is 0 Å². The second kappa shape index (κ2) is 5.92. The van der Waals surface area contributed by atoms with E-state index in [4.69, 9.17) is 11.0 Å². The molecule has 1 heterocycles. The summed E-state index contributed by atoms with van der Waals surface area (Å²) in [5.74, 6) is 0.459. The van der Waals surface area contributed by atoms with Gasteiger partial charge in [0.05, 0.1) is 22.3 Å². The zero-order valence-electron chi connectivity index (χ0n) is 11.5. The van der Waals surface area contributed by atoms with Crippen molar-refractivity contribution in [3.05, 3.63) is 29.8 Å². The lowest BCUT2D eigenvalue weighted by Crippen LogP contribution is -2.31. The third-order valence-electron chi connectivity index (χ3n) is 3.74. The molecule has 1 saturated heterocycles. The van der Waals surface area contributed by atoms with Crippen molar-refractivity contribution in [1.29, 1.82) is 5.26 Å². The summed E-state index contributed by atoms with van der Waals surface area (Å²) in [6.07, 6.45) is 0.